The van der Waals surface area contributed by atoms with E-state index in [-0.39, 0.29) is 17.6 Å². The first-order chi connectivity index (χ1) is 15.5. The van der Waals surface area contributed by atoms with Crippen LogP contribution >= 0.6 is 11.6 Å². The minimum absolute atomic E-state index is 0.0191. The molecule has 0 aromatic carbocycles. The van der Waals surface area contributed by atoms with Gasteiger partial charge in [-0.25, -0.2) is 4.98 Å². The van der Waals surface area contributed by atoms with Crippen molar-refractivity contribution < 1.29 is 33.5 Å². The van der Waals surface area contributed by atoms with Crippen LogP contribution < -0.4 is 4.74 Å². The molecule has 0 spiro atoms. The van der Waals surface area contributed by atoms with Gasteiger partial charge in [0.1, 0.15) is 18.4 Å². The quantitative estimate of drug-likeness (QED) is 0.461. The van der Waals surface area contributed by atoms with Crippen molar-refractivity contribution in [2.24, 2.45) is 5.41 Å². The lowest BCUT2D eigenvalue weighted by Gasteiger charge is -2.46. The second-order valence-corrected chi connectivity index (χ2v) is 9.66. The maximum atomic E-state index is 11.2. The predicted molar refractivity (Wildman–Crippen MR) is 117 cm³/mol. The van der Waals surface area contributed by atoms with E-state index in [4.69, 9.17) is 40.0 Å². The number of aromatic nitrogens is 4. The molecule has 0 radical (unpaired) electrons. The van der Waals surface area contributed by atoms with Crippen molar-refractivity contribution >= 4 is 22.8 Å². The lowest BCUT2D eigenvalue weighted by atomic mass is 9.80. The van der Waals surface area contributed by atoms with Crippen LogP contribution in [0.25, 0.3) is 11.2 Å². The van der Waals surface area contributed by atoms with Gasteiger partial charge in [-0.15, -0.1) is 0 Å². The highest BCUT2D eigenvalue weighted by Crippen LogP contribution is 2.53. The van der Waals surface area contributed by atoms with E-state index >= 15 is 0 Å². The van der Waals surface area contributed by atoms with Crippen LogP contribution in [0.2, 0.25) is 5.28 Å². The van der Waals surface area contributed by atoms with Crippen LogP contribution in [-0.2, 0) is 23.7 Å². The second-order valence-electron chi connectivity index (χ2n) is 9.33. The van der Waals surface area contributed by atoms with Gasteiger partial charge < -0.3 is 33.5 Å². The van der Waals surface area contributed by atoms with Crippen LogP contribution in [0.3, 0.4) is 0 Å². The van der Waals surface area contributed by atoms with Gasteiger partial charge >= 0.3 is 0 Å². The first kappa shape index (κ1) is 24.5. The number of aliphatic hydroxyl groups is 1. The highest BCUT2D eigenvalue weighted by Gasteiger charge is 2.62. The van der Waals surface area contributed by atoms with E-state index in [1.807, 2.05) is 20.8 Å². The molecule has 4 heterocycles. The second kappa shape index (κ2) is 8.56. The summed E-state index contributed by atoms with van der Waals surface area (Å²) in [5.41, 5.74) is 0.199. The van der Waals surface area contributed by atoms with Crippen molar-refractivity contribution in [1.29, 1.82) is 0 Å². The van der Waals surface area contributed by atoms with Crippen molar-refractivity contribution in [3.8, 4) is 5.88 Å². The molecule has 33 heavy (non-hydrogen) atoms. The number of aliphatic hydroxyl groups excluding tert-OH is 1. The van der Waals surface area contributed by atoms with E-state index in [1.54, 1.807) is 17.8 Å². The molecule has 5 atom stereocenters. The van der Waals surface area contributed by atoms with E-state index in [0.717, 1.165) is 0 Å². The molecule has 0 saturated carbocycles. The first-order valence-electron chi connectivity index (χ1n) is 10.7. The number of methoxy groups -OCH3 is 3. The standard InChI is InChI=1S/C21H31ClN4O7/c1-19(2)31-9-20(3)14(33-19)13(11(27)8-21(4,29-6)30-7)32-17(20)26-10-23-12-15(26)24-18(22)25-16(12)28-5/h10-11,13-14,17,27H,8-9H2,1-7H3/t11?,13-,14-,17-,20-/m1/s1. The van der Waals surface area contributed by atoms with Crippen LogP contribution in [-0.4, -0.2) is 82.4 Å². The molecule has 2 aromatic rings. The number of hydrogen-bond donors (Lipinski definition) is 1. The summed E-state index contributed by atoms with van der Waals surface area (Å²) in [5.74, 6) is -1.58. The Labute approximate surface area is 197 Å². The number of nitrogens with zero attached hydrogens (tertiary/aromatic N) is 4. The number of halogens is 1. The Kier molecular flexibility index (Phi) is 6.36. The summed E-state index contributed by atoms with van der Waals surface area (Å²) in [6, 6.07) is 0. The lowest BCUT2D eigenvalue weighted by molar-refractivity contribution is -0.317. The van der Waals surface area contributed by atoms with Crippen LogP contribution in [0.15, 0.2) is 6.33 Å². The molecule has 184 valence electrons. The van der Waals surface area contributed by atoms with Crippen molar-refractivity contribution in [3.05, 3.63) is 11.6 Å². The van der Waals surface area contributed by atoms with E-state index in [1.165, 1.54) is 21.3 Å². The molecule has 11 nitrogen and oxygen atoms in total. The fourth-order valence-corrected chi connectivity index (χ4v) is 4.67. The normalized spacial score (nSPS) is 30.4. The fraction of sp³-hybridized carbons (Fsp3) is 0.762. The van der Waals surface area contributed by atoms with Crippen LogP contribution in [0.4, 0.5) is 0 Å². The number of fused-ring (bicyclic) bond motifs is 2. The van der Waals surface area contributed by atoms with Gasteiger partial charge in [-0.2, -0.15) is 9.97 Å². The summed E-state index contributed by atoms with van der Waals surface area (Å²) in [6.07, 6.45) is -1.04. The molecule has 2 saturated heterocycles. The van der Waals surface area contributed by atoms with Crippen molar-refractivity contribution in [3.63, 3.8) is 0 Å². The molecule has 1 unspecified atom stereocenters. The smallest absolute Gasteiger partial charge is 0.246 e. The Morgan fingerprint density at radius 2 is 1.97 bits per heavy atom. The molecule has 0 aliphatic carbocycles. The number of ether oxygens (including phenoxy) is 6. The van der Waals surface area contributed by atoms with Crippen molar-refractivity contribution in [2.75, 3.05) is 27.9 Å². The molecular formula is C21H31ClN4O7. The summed E-state index contributed by atoms with van der Waals surface area (Å²) in [7, 11) is 4.54. The average molecular weight is 487 g/mol. The van der Waals surface area contributed by atoms with Crippen LogP contribution in [0.1, 0.15) is 40.3 Å². The number of hydrogen-bond acceptors (Lipinski definition) is 10. The van der Waals surface area contributed by atoms with Gasteiger partial charge in [0.2, 0.25) is 11.2 Å². The highest BCUT2D eigenvalue weighted by atomic mass is 35.5. The molecule has 2 aliphatic heterocycles. The van der Waals surface area contributed by atoms with Crippen molar-refractivity contribution in [2.45, 2.75) is 70.2 Å². The molecule has 0 bridgehead atoms. The van der Waals surface area contributed by atoms with Crippen molar-refractivity contribution in [1.82, 2.24) is 19.5 Å². The minimum atomic E-state index is -0.992. The summed E-state index contributed by atoms with van der Waals surface area (Å²) >= 11 is 6.13. The van der Waals surface area contributed by atoms with Gasteiger partial charge in [0, 0.05) is 20.6 Å². The van der Waals surface area contributed by atoms with Crippen LogP contribution in [0, 0.1) is 5.41 Å². The maximum absolute atomic E-state index is 11.2. The van der Waals surface area contributed by atoms with Gasteiger partial charge in [0.25, 0.3) is 0 Å². The largest absolute Gasteiger partial charge is 0.479 e. The van der Waals surface area contributed by atoms with Gasteiger partial charge in [-0.3, -0.25) is 4.57 Å². The van der Waals surface area contributed by atoms with E-state index < -0.39 is 41.5 Å². The average Bonchev–Trinajstić information content (AvgIpc) is 3.31. The zero-order valence-corrected chi connectivity index (χ0v) is 20.6. The summed E-state index contributed by atoms with van der Waals surface area (Å²) < 4.78 is 36.8. The third-order valence-electron chi connectivity index (χ3n) is 6.57. The van der Waals surface area contributed by atoms with Gasteiger partial charge in [-0.05, 0) is 32.4 Å². The van der Waals surface area contributed by atoms with E-state index in [0.29, 0.717) is 17.8 Å². The highest BCUT2D eigenvalue weighted by molar-refractivity contribution is 6.28. The fourth-order valence-electron chi connectivity index (χ4n) is 4.52. The van der Waals surface area contributed by atoms with E-state index in [9.17, 15) is 5.11 Å². The Bertz CT molecular complexity index is 1010. The monoisotopic (exact) mass is 486 g/mol. The molecule has 2 aliphatic rings. The third kappa shape index (κ3) is 4.20. The SMILES string of the molecule is COc1nc(Cl)nc2c1ncn2[C@@H]1O[C@H](C(O)CC(C)(OC)OC)[C@H]2OC(C)(C)OC[C@]21C. The molecule has 12 heteroatoms. The summed E-state index contributed by atoms with van der Waals surface area (Å²) in [6.45, 7) is 7.73. The molecule has 4 rings (SSSR count). The van der Waals surface area contributed by atoms with E-state index in [2.05, 4.69) is 15.0 Å². The minimum Gasteiger partial charge on any atom is -0.479 e. The lowest BCUT2D eigenvalue weighted by Crippen LogP contribution is -2.56. The summed E-state index contributed by atoms with van der Waals surface area (Å²) in [4.78, 5) is 12.8. The van der Waals surface area contributed by atoms with Crippen LogP contribution in [0.5, 0.6) is 5.88 Å². The maximum Gasteiger partial charge on any atom is 0.246 e. The molecule has 1 N–H and O–H groups in total. The number of rotatable bonds is 7. The van der Waals surface area contributed by atoms with Gasteiger partial charge in [0.05, 0.1) is 31.6 Å². The summed E-state index contributed by atoms with van der Waals surface area (Å²) in [5, 5.41) is 11.2. The molecular weight excluding hydrogens is 456 g/mol. The Hall–Kier alpha value is -1.60. The Morgan fingerprint density at radius 3 is 2.61 bits per heavy atom. The molecule has 2 fully saturated rings. The Morgan fingerprint density at radius 1 is 1.27 bits per heavy atom. The van der Waals surface area contributed by atoms with Gasteiger partial charge in [-0.1, -0.05) is 6.92 Å². The predicted octanol–water partition coefficient (Wildman–Crippen LogP) is 2.30. The first-order valence-corrected chi connectivity index (χ1v) is 11.0. The molecule has 2 aromatic heterocycles. The van der Waals surface area contributed by atoms with Gasteiger partial charge in [0.15, 0.2) is 22.7 Å². The zero-order chi connectivity index (χ0) is 24.2. The zero-order valence-electron chi connectivity index (χ0n) is 19.9. The third-order valence-corrected chi connectivity index (χ3v) is 6.74. The number of imidazole rings is 1. The molecule has 0 amide bonds. The Balaban J connectivity index is 1.76. The topological polar surface area (TPSA) is 119 Å².